The number of rotatable bonds is 3. The zero-order valence-electron chi connectivity index (χ0n) is 14.5. The van der Waals surface area contributed by atoms with Gasteiger partial charge >= 0.3 is 0 Å². The number of carbonyl (C=O) groups excluding carboxylic acids is 1. The molecule has 0 bridgehead atoms. The summed E-state index contributed by atoms with van der Waals surface area (Å²) in [5.41, 5.74) is 0.349. The molecule has 2 aliphatic rings. The van der Waals surface area contributed by atoms with Gasteiger partial charge in [0.2, 0.25) is 0 Å². The van der Waals surface area contributed by atoms with E-state index in [9.17, 15) is 4.79 Å². The zero-order valence-corrected chi connectivity index (χ0v) is 15.5. The van der Waals surface area contributed by atoms with Crippen molar-refractivity contribution >= 4 is 14.1 Å². The summed E-state index contributed by atoms with van der Waals surface area (Å²) >= 11 is 0. The Morgan fingerprint density at radius 1 is 1.30 bits per heavy atom. The van der Waals surface area contributed by atoms with Gasteiger partial charge in [-0.15, -0.1) is 0 Å². The highest BCUT2D eigenvalue weighted by Crippen LogP contribution is 2.67. The fourth-order valence-corrected chi connectivity index (χ4v) is 4.80. The molecule has 116 valence electrons. The van der Waals surface area contributed by atoms with Crippen LogP contribution in [0.25, 0.3) is 0 Å². The van der Waals surface area contributed by atoms with Crippen molar-refractivity contribution in [2.24, 2.45) is 29.1 Å². The fraction of sp³-hybridized carbons (Fsp3) is 0.941. The summed E-state index contributed by atoms with van der Waals surface area (Å²) in [4.78, 5) is 12.6. The number of hydrogen-bond acceptors (Lipinski definition) is 2. The van der Waals surface area contributed by atoms with Crippen LogP contribution >= 0.6 is 0 Å². The molecule has 0 amide bonds. The first kappa shape index (κ1) is 16.2. The fourth-order valence-electron chi connectivity index (χ4n) is 3.78. The number of Topliss-reactive ketones (excluding diaryl/α,β-unsaturated/α-hetero) is 1. The predicted molar refractivity (Wildman–Crippen MR) is 86.2 cm³/mol. The molecule has 0 aromatic rings. The zero-order chi connectivity index (χ0) is 15.5. The minimum absolute atomic E-state index is 0.146. The third-order valence-electron chi connectivity index (χ3n) is 6.46. The first-order valence-electron chi connectivity index (χ1n) is 8.07. The Labute approximate surface area is 125 Å². The summed E-state index contributed by atoms with van der Waals surface area (Å²) in [6.07, 6.45) is 1.09. The van der Waals surface area contributed by atoms with Crippen LogP contribution in [0.15, 0.2) is 0 Å². The summed E-state index contributed by atoms with van der Waals surface area (Å²) < 4.78 is 6.36. The van der Waals surface area contributed by atoms with Crippen molar-refractivity contribution < 1.29 is 9.22 Å². The van der Waals surface area contributed by atoms with E-state index in [1.807, 2.05) is 0 Å². The third-order valence-corrected chi connectivity index (χ3v) is 11.0. The monoisotopic (exact) mass is 296 g/mol. The Bertz CT molecular complexity index is 406. The van der Waals surface area contributed by atoms with Crippen LogP contribution in [0.1, 0.15) is 48.0 Å². The van der Waals surface area contributed by atoms with Gasteiger partial charge in [-0.3, -0.25) is 4.79 Å². The molecule has 0 N–H and O–H groups in total. The van der Waals surface area contributed by atoms with Crippen LogP contribution in [0.3, 0.4) is 0 Å². The normalized spacial score (nSPS) is 36.7. The van der Waals surface area contributed by atoms with Gasteiger partial charge in [0.05, 0.1) is 0 Å². The van der Waals surface area contributed by atoms with Gasteiger partial charge in [-0.2, -0.15) is 0 Å². The van der Waals surface area contributed by atoms with Crippen molar-refractivity contribution in [3.8, 4) is 0 Å². The van der Waals surface area contributed by atoms with E-state index >= 15 is 0 Å². The van der Waals surface area contributed by atoms with Crippen LogP contribution in [0.5, 0.6) is 0 Å². The van der Waals surface area contributed by atoms with E-state index in [0.717, 1.165) is 12.3 Å². The maximum absolute atomic E-state index is 12.6. The van der Waals surface area contributed by atoms with E-state index in [-0.39, 0.29) is 16.9 Å². The topological polar surface area (TPSA) is 26.3 Å². The van der Waals surface area contributed by atoms with Crippen LogP contribution in [0.4, 0.5) is 0 Å². The minimum Gasteiger partial charge on any atom is -0.416 e. The number of hydrogen-bond donors (Lipinski definition) is 0. The van der Waals surface area contributed by atoms with Gasteiger partial charge in [0.1, 0.15) is 5.78 Å². The Hall–Kier alpha value is -0.153. The van der Waals surface area contributed by atoms with Crippen LogP contribution in [0.2, 0.25) is 18.1 Å². The van der Waals surface area contributed by atoms with Crippen molar-refractivity contribution in [2.75, 3.05) is 6.61 Å². The molecule has 2 aliphatic carbocycles. The van der Waals surface area contributed by atoms with E-state index in [0.29, 0.717) is 23.7 Å². The van der Waals surface area contributed by atoms with E-state index in [2.05, 4.69) is 54.6 Å². The highest BCUT2D eigenvalue weighted by molar-refractivity contribution is 6.74. The maximum Gasteiger partial charge on any atom is 0.192 e. The molecule has 0 aromatic carbocycles. The molecule has 0 aliphatic heterocycles. The largest absolute Gasteiger partial charge is 0.416 e. The van der Waals surface area contributed by atoms with Crippen LogP contribution in [0, 0.1) is 29.1 Å². The minimum atomic E-state index is -1.75. The molecule has 0 unspecified atom stereocenters. The van der Waals surface area contributed by atoms with Gasteiger partial charge in [0.15, 0.2) is 8.32 Å². The lowest BCUT2D eigenvalue weighted by Gasteiger charge is -2.38. The first-order chi connectivity index (χ1) is 8.89. The van der Waals surface area contributed by atoms with Crippen molar-refractivity contribution in [3.05, 3.63) is 0 Å². The lowest BCUT2D eigenvalue weighted by molar-refractivity contribution is -0.130. The molecule has 20 heavy (non-hydrogen) atoms. The van der Waals surface area contributed by atoms with Gasteiger partial charge in [-0.05, 0) is 41.8 Å². The van der Waals surface area contributed by atoms with Crippen molar-refractivity contribution in [3.63, 3.8) is 0 Å². The molecule has 2 saturated carbocycles. The standard InChI is InChI=1S/C17H32O2Si/c1-11-9-13-14(17(13,5)6)12(15(11)18)10-19-20(7,8)16(2,3)4/h11-14H,9-10H2,1-8H3/t11-,12+,13-,14+/m1/s1. The number of ketones is 1. The average molecular weight is 297 g/mol. The molecule has 2 rings (SSSR count). The van der Waals surface area contributed by atoms with Crippen molar-refractivity contribution in [2.45, 2.75) is 66.1 Å². The van der Waals surface area contributed by atoms with Crippen molar-refractivity contribution in [1.29, 1.82) is 0 Å². The van der Waals surface area contributed by atoms with Crippen LogP contribution in [-0.4, -0.2) is 20.7 Å². The van der Waals surface area contributed by atoms with Crippen LogP contribution < -0.4 is 0 Å². The summed E-state index contributed by atoms with van der Waals surface area (Å²) in [6.45, 7) is 18.7. The molecule has 0 radical (unpaired) electrons. The molecule has 0 heterocycles. The molecule has 0 spiro atoms. The highest BCUT2D eigenvalue weighted by atomic mass is 28.4. The Balaban J connectivity index is 2.07. The molecular weight excluding hydrogens is 264 g/mol. The molecule has 0 aromatic heterocycles. The first-order valence-corrected chi connectivity index (χ1v) is 11.0. The molecule has 2 nitrogen and oxygen atoms in total. The summed E-state index contributed by atoms with van der Waals surface area (Å²) in [5.74, 6) is 2.13. The highest BCUT2D eigenvalue weighted by Gasteiger charge is 2.65. The van der Waals surface area contributed by atoms with Gasteiger partial charge in [-0.1, -0.05) is 41.5 Å². The van der Waals surface area contributed by atoms with E-state index in [1.165, 1.54) is 0 Å². The summed E-state index contributed by atoms with van der Waals surface area (Å²) in [6, 6.07) is 0. The Morgan fingerprint density at radius 2 is 1.85 bits per heavy atom. The second-order valence-corrected chi connectivity index (χ2v) is 14.0. The summed E-state index contributed by atoms with van der Waals surface area (Å²) in [5, 5.41) is 0.217. The molecule has 4 atom stereocenters. The Kier molecular flexibility index (Phi) is 3.79. The van der Waals surface area contributed by atoms with E-state index in [1.54, 1.807) is 0 Å². The van der Waals surface area contributed by atoms with Crippen LogP contribution in [-0.2, 0) is 9.22 Å². The lowest BCUT2D eigenvalue weighted by Crippen LogP contribution is -2.44. The number of carbonyl (C=O) groups is 1. The summed E-state index contributed by atoms with van der Waals surface area (Å²) in [7, 11) is -1.75. The second kappa shape index (κ2) is 4.67. The average Bonchev–Trinajstić information content (AvgIpc) is 2.79. The molecule has 0 saturated heterocycles. The quantitative estimate of drug-likeness (QED) is 0.716. The molecule has 2 fully saturated rings. The van der Waals surface area contributed by atoms with Gasteiger partial charge in [-0.25, -0.2) is 0 Å². The van der Waals surface area contributed by atoms with Crippen molar-refractivity contribution in [1.82, 2.24) is 0 Å². The number of fused-ring (bicyclic) bond motifs is 1. The third kappa shape index (κ3) is 2.52. The van der Waals surface area contributed by atoms with Gasteiger partial charge in [0, 0.05) is 18.4 Å². The maximum atomic E-state index is 12.6. The molecular formula is C17H32O2Si. The van der Waals surface area contributed by atoms with Gasteiger partial charge < -0.3 is 4.43 Å². The molecule has 3 heteroatoms. The SMILES string of the molecule is C[C@@H]1C[C@@H]2[C@H]([C@H](CO[Si](C)(C)C(C)(C)C)C1=O)C2(C)C. The Morgan fingerprint density at radius 3 is 2.35 bits per heavy atom. The van der Waals surface area contributed by atoms with Gasteiger partial charge in [0.25, 0.3) is 0 Å². The smallest absolute Gasteiger partial charge is 0.192 e. The van der Waals surface area contributed by atoms with E-state index in [4.69, 9.17) is 4.43 Å². The lowest BCUT2D eigenvalue weighted by atomic mass is 9.81. The second-order valence-electron chi connectivity index (χ2n) is 9.17. The van der Waals surface area contributed by atoms with E-state index < -0.39 is 8.32 Å². The predicted octanol–water partition coefficient (Wildman–Crippen LogP) is 4.51.